The highest BCUT2D eigenvalue weighted by molar-refractivity contribution is 5.26. The molecule has 1 aliphatic rings. The Bertz CT molecular complexity index is 296. The summed E-state index contributed by atoms with van der Waals surface area (Å²) in [6, 6.07) is 9.03. The Morgan fingerprint density at radius 1 is 1.20 bits per heavy atom. The Balaban J connectivity index is 1.81. The van der Waals surface area contributed by atoms with Crippen molar-refractivity contribution < 1.29 is 0 Å². The molecule has 1 saturated heterocycles. The summed E-state index contributed by atoms with van der Waals surface area (Å²) < 4.78 is 0. The molecule has 0 radical (unpaired) electrons. The van der Waals surface area contributed by atoms with Gasteiger partial charge in [0.2, 0.25) is 0 Å². The summed E-state index contributed by atoms with van der Waals surface area (Å²) in [5.74, 6) is 0.794. The third kappa shape index (κ3) is 2.60. The highest BCUT2D eigenvalue weighted by Gasteiger charge is 2.26. The van der Waals surface area contributed by atoms with Crippen molar-refractivity contribution in [2.45, 2.75) is 32.6 Å². The number of nitrogens with zero attached hydrogens (tertiary/aromatic N) is 1. The van der Waals surface area contributed by atoms with Crippen LogP contribution in [0.2, 0.25) is 0 Å². The van der Waals surface area contributed by atoms with Crippen LogP contribution in [0.15, 0.2) is 24.3 Å². The van der Waals surface area contributed by atoms with Crippen LogP contribution in [0.5, 0.6) is 0 Å². The maximum absolute atomic E-state index is 2.56. The quantitative estimate of drug-likeness (QED) is 0.726. The summed E-state index contributed by atoms with van der Waals surface area (Å²) in [5.41, 5.74) is 2.88. The van der Waals surface area contributed by atoms with E-state index in [1.807, 2.05) is 0 Å². The zero-order valence-electron chi connectivity index (χ0n) is 9.87. The van der Waals surface area contributed by atoms with E-state index in [4.69, 9.17) is 0 Å². The van der Waals surface area contributed by atoms with Crippen molar-refractivity contribution in [1.29, 1.82) is 0 Å². The Hall–Kier alpha value is -0.820. The van der Waals surface area contributed by atoms with Crippen LogP contribution in [-0.4, -0.2) is 24.5 Å². The summed E-state index contributed by atoms with van der Waals surface area (Å²) in [4.78, 5) is 2.56. The second-order valence-corrected chi connectivity index (χ2v) is 4.72. The molecule has 1 fully saturated rings. The molecular weight excluding hydrogens is 182 g/mol. The zero-order chi connectivity index (χ0) is 10.7. The first-order chi connectivity index (χ1) is 7.29. The van der Waals surface area contributed by atoms with Gasteiger partial charge in [0.15, 0.2) is 0 Å². The van der Waals surface area contributed by atoms with Gasteiger partial charge in [0.05, 0.1) is 0 Å². The Morgan fingerprint density at radius 2 is 1.87 bits per heavy atom. The predicted octanol–water partition coefficient (Wildman–Crippen LogP) is 3.19. The van der Waals surface area contributed by atoms with Crippen LogP contribution in [0, 0.1) is 6.92 Å². The van der Waals surface area contributed by atoms with E-state index in [-0.39, 0.29) is 0 Å². The molecule has 0 saturated carbocycles. The Labute approximate surface area is 93.1 Å². The van der Waals surface area contributed by atoms with Gasteiger partial charge < -0.3 is 4.90 Å². The molecule has 0 N–H and O–H groups in total. The highest BCUT2D eigenvalue weighted by Crippen LogP contribution is 2.27. The van der Waals surface area contributed by atoms with E-state index in [1.165, 1.54) is 43.6 Å². The predicted molar refractivity (Wildman–Crippen MR) is 65.3 cm³/mol. The van der Waals surface area contributed by atoms with Crippen molar-refractivity contribution in [3.8, 4) is 0 Å². The van der Waals surface area contributed by atoms with Gasteiger partial charge in [0.25, 0.3) is 0 Å². The number of rotatable bonds is 4. The number of hydrogen-bond acceptors (Lipinski definition) is 1. The van der Waals surface area contributed by atoms with E-state index in [0.29, 0.717) is 0 Å². The first-order valence-electron chi connectivity index (χ1n) is 6.08. The number of aryl methyl sites for hydroxylation is 1. The number of unbranched alkanes of at least 4 members (excludes halogenated alkanes) is 1. The summed E-state index contributed by atoms with van der Waals surface area (Å²) in [7, 11) is 0. The van der Waals surface area contributed by atoms with E-state index in [0.717, 1.165) is 5.92 Å². The fraction of sp³-hybridized carbons (Fsp3) is 0.571. The maximum Gasteiger partial charge on any atom is 0.00936 e. The van der Waals surface area contributed by atoms with Crippen LogP contribution in [-0.2, 0) is 0 Å². The molecular formula is C14H21N. The van der Waals surface area contributed by atoms with Gasteiger partial charge in [-0.25, -0.2) is 0 Å². The van der Waals surface area contributed by atoms with E-state index in [2.05, 4.69) is 43.0 Å². The van der Waals surface area contributed by atoms with E-state index in [1.54, 1.807) is 0 Å². The van der Waals surface area contributed by atoms with Gasteiger partial charge in [-0.2, -0.15) is 0 Å². The third-order valence-corrected chi connectivity index (χ3v) is 3.33. The summed E-state index contributed by atoms with van der Waals surface area (Å²) in [5, 5.41) is 0. The van der Waals surface area contributed by atoms with E-state index < -0.39 is 0 Å². The third-order valence-electron chi connectivity index (χ3n) is 3.33. The lowest BCUT2D eigenvalue weighted by molar-refractivity contribution is 0.146. The van der Waals surface area contributed by atoms with Gasteiger partial charge in [-0.3, -0.25) is 0 Å². The SMILES string of the molecule is CCCCN1CC(c2ccc(C)cc2)C1. The fourth-order valence-corrected chi connectivity index (χ4v) is 2.18. The molecule has 15 heavy (non-hydrogen) atoms. The minimum Gasteiger partial charge on any atom is -0.302 e. The molecule has 0 aromatic heterocycles. The lowest BCUT2D eigenvalue weighted by Crippen LogP contribution is -2.45. The molecule has 1 aliphatic heterocycles. The average molecular weight is 203 g/mol. The van der Waals surface area contributed by atoms with Crippen molar-refractivity contribution in [1.82, 2.24) is 4.90 Å². The number of hydrogen-bond donors (Lipinski definition) is 0. The molecule has 1 nitrogen and oxygen atoms in total. The molecule has 82 valence electrons. The first kappa shape index (κ1) is 10.7. The molecule has 0 unspecified atom stereocenters. The maximum atomic E-state index is 2.56. The van der Waals surface area contributed by atoms with Crippen LogP contribution in [0.25, 0.3) is 0 Å². The first-order valence-corrected chi connectivity index (χ1v) is 6.08. The van der Waals surface area contributed by atoms with Crippen molar-refractivity contribution in [3.05, 3.63) is 35.4 Å². The lowest BCUT2D eigenvalue weighted by atomic mass is 9.91. The molecule has 0 amide bonds. The van der Waals surface area contributed by atoms with Gasteiger partial charge in [0, 0.05) is 19.0 Å². The largest absolute Gasteiger partial charge is 0.302 e. The molecule has 1 heteroatoms. The highest BCUT2D eigenvalue weighted by atomic mass is 15.2. The summed E-state index contributed by atoms with van der Waals surface area (Å²) >= 11 is 0. The molecule has 1 aromatic carbocycles. The second-order valence-electron chi connectivity index (χ2n) is 4.72. The van der Waals surface area contributed by atoms with Crippen LogP contribution in [0.1, 0.15) is 36.8 Å². The van der Waals surface area contributed by atoms with E-state index in [9.17, 15) is 0 Å². The second kappa shape index (κ2) is 4.80. The minimum absolute atomic E-state index is 0.794. The van der Waals surface area contributed by atoms with Crippen molar-refractivity contribution in [2.75, 3.05) is 19.6 Å². The normalized spacial score (nSPS) is 17.7. The standard InChI is InChI=1S/C14H21N/c1-3-4-9-15-10-14(11-15)13-7-5-12(2)6-8-13/h5-8,14H,3-4,9-11H2,1-2H3. The van der Waals surface area contributed by atoms with Crippen LogP contribution in [0.3, 0.4) is 0 Å². The van der Waals surface area contributed by atoms with Gasteiger partial charge in [-0.15, -0.1) is 0 Å². The van der Waals surface area contributed by atoms with E-state index >= 15 is 0 Å². The van der Waals surface area contributed by atoms with Crippen molar-refractivity contribution in [3.63, 3.8) is 0 Å². The summed E-state index contributed by atoms with van der Waals surface area (Å²) in [6.45, 7) is 8.24. The van der Waals surface area contributed by atoms with Gasteiger partial charge in [-0.05, 0) is 25.5 Å². The van der Waals surface area contributed by atoms with Crippen LogP contribution in [0.4, 0.5) is 0 Å². The van der Waals surface area contributed by atoms with Crippen molar-refractivity contribution in [2.24, 2.45) is 0 Å². The summed E-state index contributed by atoms with van der Waals surface area (Å²) in [6.07, 6.45) is 2.66. The van der Waals surface area contributed by atoms with Gasteiger partial charge in [-0.1, -0.05) is 43.2 Å². The molecule has 1 aromatic rings. The van der Waals surface area contributed by atoms with Crippen LogP contribution >= 0.6 is 0 Å². The number of likely N-dealkylation sites (tertiary alicyclic amines) is 1. The van der Waals surface area contributed by atoms with Crippen molar-refractivity contribution >= 4 is 0 Å². The molecule has 0 spiro atoms. The Morgan fingerprint density at radius 3 is 2.47 bits per heavy atom. The fourth-order valence-electron chi connectivity index (χ4n) is 2.18. The zero-order valence-corrected chi connectivity index (χ0v) is 9.87. The molecule has 0 atom stereocenters. The number of benzene rings is 1. The van der Waals surface area contributed by atoms with Crippen LogP contribution < -0.4 is 0 Å². The Kier molecular flexibility index (Phi) is 3.42. The average Bonchev–Trinajstić information content (AvgIpc) is 2.18. The monoisotopic (exact) mass is 203 g/mol. The minimum atomic E-state index is 0.794. The van der Waals surface area contributed by atoms with Gasteiger partial charge in [0.1, 0.15) is 0 Å². The lowest BCUT2D eigenvalue weighted by Gasteiger charge is -2.39. The molecule has 0 aliphatic carbocycles. The smallest absolute Gasteiger partial charge is 0.00936 e. The molecule has 1 heterocycles. The topological polar surface area (TPSA) is 3.24 Å². The van der Waals surface area contributed by atoms with Gasteiger partial charge >= 0.3 is 0 Å². The molecule has 0 bridgehead atoms. The molecule has 2 rings (SSSR count).